The fourth-order valence-corrected chi connectivity index (χ4v) is 9.34. The van der Waals surface area contributed by atoms with E-state index in [9.17, 15) is 9.59 Å². The minimum absolute atomic E-state index is 0.138. The molecule has 0 atom stereocenters. The number of aromatic nitrogens is 2. The number of hydrogen-bond acceptors (Lipinski definition) is 3. The molecule has 206 valence electrons. The maximum Gasteiger partial charge on any atom is 0.326 e. The molecule has 1 heterocycles. The van der Waals surface area contributed by atoms with Crippen molar-refractivity contribution in [3.63, 3.8) is 0 Å². The lowest BCUT2D eigenvalue weighted by Gasteiger charge is -2.28. The topological polar surface area (TPSA) is 86.9 Å². The fourth-order valence-electron chi connectivity index (χ4n) is 5.11. The normalized spacial score (nSPS) is 11.1. The third-order valence-electron chi connectivity index (χ3n) is 7.01. The summed E-state index contributed by atoms with van der Waals surface area (Å²) in [5.74, 6) is 0.138. The Labute approximate surface area is 241 Å². The summed E-state index contributed by atoms with van der Waals surface area (Å²) in [5.41, 5.74) is 2.15. The quantitative estimate of drug-likeness (QED) is 0.176. The Morgan fingerprint density at radius 1 is 0.756 bits per heavy atom. The lowest BCUT2D eigenvalue weighted by Crippen LogP contribution is -2.32. The lowest BCUT2D eigenvalue weighted by atomic mass is 10.2. The summed E-state index contributed by atoms with van der Waals surface area (Å²) in [4.78, 5) is 32.0. The molecule has 3 N–H and O–H groups in total. The van der Waals surface area contributed by atoms with Gasteiger partial charge in [0.05, 0.1) is 6.16 Å². The van der Waals surface area contributed by atoms with Gasteiger partial charge in [0.15, 0.2) is 0 Å². The van der Waals surface area contributed by atoms with Gasteiger partial charge in [0.2, 0.25) is 5.95 Å². The molecule has 0 radical (unpaired) electrons. The van der Waals surface area contributed by atoms with Gasteiger partial charge in [-0.2, -0.15) is 0 Å². The largest absolute Gasteiger partial charge is 0.326 e. The summed E-state index contributed by atoms with van der Waals surface area (Å²) >= 11 is 0. The molecule has 1 aromatic heterocycles. The van der Waals surface area contributed by atoms with Crippen molar-refractivity contribution in [2.24, 2.45) is 0 Å². The van der Waals surface area contributed by atoms with Crippen LogP contribution in [0.25, 0.3) is 0 Å². The Morgan fingerprint density at radius 3 is 1.90 bits per heavy atom. The number of carbonyl (C=O) groups excluding carboxylic acids is 1. The van der Waals surface area contributed by atoms with E-state index in [-0.39, 0.29) is 11.5 Å². The van der Waals surface area contributed by atoms with Gasteiger partial charge in [-0.3, -0.25) is 15.1 Å². The standard InChI is InChI=1S/C34H33N4O2P/c1-2-3-15-28-24-32(39)37-33(35-28)38-34(40)36-27-16-13-14-26(23-27)25-41(29-17-7-4-8-18-29,30-19-9-5-10-20-30)31-21-11-6-12-22-31/h4-14,16-24H,2-3,15,25H2,1H3,(H2-,35,36,37,38,39,40)/p+1. The summed E-state index contributed by atoms with van der Waals surface area (Å²) in [7, 11) is -2.08. The van der Waals surface area contributed by atoms with Crippen molar-refractivity contribution < 1.29 is 4.79 Å². The number of anilines is 2. The molecule has 0 spiro atoms. The van der Waals surface area contributed by atoms with Crippen LogP contribution >= 0.6 is 7.26 Å². The molecule has 5 rings (SSSR count). The molecule has 0 unspecified atom stereocenters. The third-order valence-corrected chi connectivity index (χ3v) is 11.4. The molecular weight excluding hydrogens is 527 g/mol. The molecule has 41 heavy (non-hydrogen) atoms. The highest BCUT2D eigenvalue weighted by Crippen LogP contribution is 2.58. The van der Waals surface area contributed by atoms with Gasteiger partial charge in [-0.1, -0.05) is 80.1 Å². The summed E-state index contributed by atoms with van der Waals surface area (Å²) < 4.78 is 0. The van der Waals surface area contributed by atoms with Crippen molar-refractivity contribution in [1.82, 2.24) is 9.97 Å². The van der Waals surface area contributed by atoms with Crippen molar-refractivity contribution in [2.75, 3.05) is 10.6 Å². The van der Waals surface area contributed by atoms with Gasteiger partial charge in [-0.25, -0.2) is 9.78 Å². The number of amides is 2. The summed E-state index contributed by atoms with van der Waals surface area (Å²) in [6.45, 7) is 2.08. The zero-order chi connectivity index (χ0) is 28.5. The van der Waals surface area contributed by atoms with E-state index in [0.717, 1.165) is 24.6 Å². The second kappa shape index (κ2) is 13.2. The SMILES string of the molecule is CCCCc1cc(=O)[nH]c(NC(=O)Nc2cccc(C[P+](c3ccccc3)(c3ccccc3)c3ccccc3)c2)n1. The van der Waals surface area contributed by atoms with Gasteiger partial charge in [0, 0.05) is 17.4 Å². The second-order valence-corrected chi connectivity index (χ2v) is 13.4. The predicted octanol–water partition coefficient (Wildman–Crippen LogP) is 6.25. The highest BCUT2D eigenvalue weighted by molar-refractivity contribution is 7.95. The van der Waals surface area contributed by atoms with E-state index in [1.54, 1.807) is 0 Å². The van der Waals surface area contributed by atoms with Crippen LogP contribution in [0.2, 0.25) is 0 Å². The van der Waals surface area contributed by atoms with Crippen molar-refractivity contribution in [2.45, 2.75) is 32.3 Å². The van der Waals surface area contributed by atoms with Crippen molar-refractivity contribution in [3.05, 3.63) is 143 Å². The number of aryl methyl sites for hydroxylation is 1. The second-order valence-electron chi connectivity index (χ2n) is 9.94. The van der Waals surface area contributed by atoms with E-state index in [1.807, 2.05) is 18.2 Å². The van der Waals surface area contributed by atoms with Crippen LogP contribution in [-0.2, 0) is 12.6 Å². The van der Waals surface area contributed by atoms with Crippen molar-refractivity contribution in [3.8, 4) is 0 Å². The van der Waals surface area contributed by atoms with E-state index < -0.39 is 13.3 Å². The number of aromatic amines is 1. The highest BCUT2D eigenvalue weighted by atomic mass is 31.2. The molecule has 7 heteroatoms. The number of hydrogen-bond donors (Lipinski definition) is 3. The molecule has 4 aromatic carbocycles. The zero-order valence-electron chi connectivity index (χ0n) is 23.1. The third kappa shape index (κ3) is 6.79. The number of unbranched alkanes of at least 4 members (excludes halogenated alkanes) is 1. The van der Waals surface area contributed by atoms with E-state index in [4.69, 9.17) is 0 Å². The average Bonchev–Trinajstić information content (AvgIpc) is 3.00. The molecule has 0 saturated carbocycles. The average molecular weight is 562 g/mol. The molecule has 0 bridgehead atoms. The number of nitrogens with one attached hydrogen (secondary N) is 3. The number of urea groups is 1. The van der Waals surface area contributed by atoms with Crippen LogP contribution in [0.1, 0.15) is 31.0 Å². The first-order chi connectivity index (χ1) is 20.1. The molecule has 2 amide bonds. The lowest BCUT2D eigenvalue weighted by molar-refractivity contribution is 0.262. The minimum atomic E-state index is -2.08. The van der Waals surface area contributed by atoms with Gasteiger partial charge >= 0.3 is 6.03 Å². The zero-order valence-corrected chi connectivity index (χ0v) is 24.0. The van der Waals surface area contributed by atoms with Crippen molar-refractivity contribution >= 4 is 40.8 Å². The Kier molecular flexibility index (Phi) is 9.02. The van der Waals surface area contributed by atoms with Gasteiger partial charge in [0.25, 0.3) is 5.56 Å². The minimum Gasteiger partial charge on any atom is -0.308 e. The predicted molar refractivity (Wildman–Crippen MR) is 171 cm³/mol. The van der Waals surface area contributed by atoms with Crippen LogP contribution < -0.4 is 32.1 Å². The van der Waals surface area contributed by atoms with Crippen LogP contribution in [0.5, 0.6) is 0 Å². The van der Waals surface area contributed by atoms with Gasteiger partial charge in [0.1, 0.15) is 23.2 Å². The van der Waals surface area contributed by atoms with E-state index in [0.29, 0.717) is 17.8 Å². The van der Waals surface area contributed by atoms with Gasteiger partial charge in [-0.05, 0) is 66.9 Å². The smallest absolute Gasteiger partial charge is 0.308 e. The van der Waals surface area contributed by atoms with Crippen LogP contribution in [-0.4, -0.2) is 16.0 Å². The first-order valence-electron chi connectivity index (χ1n) is 13.9. The van der Waals surface area contributed by atoms with Crippen LogP contribution in [0.3, 0.4) is 0 Å². The summed E-state index contributed by atoms with van der Waals surface area (Å²) in [6, 6.07) is 41.1. The molecule has 0 fully saturated rings. The van der Waals surface area contributed by atoms with Gasteiger partial charge < -0.3 is 5.32 Å². The highest BCUT2D eigenvalue weighted by Gasteiger charge is 2.45. The van der Waals surface area contributed by atoms with E-state index in [2.05, 4.69) is 125 Å². The molecule has 0 aliphatic heterocycles. The van der Waals surface area contributed by atoms with E-state index in [1.165, 1.54) is 22.0 Å². The Morgan fingerprint density at radius 2 is 1.34 bits per heavy atom. The van der Waals surface area contributed by atoms with Crippen LogP contribution in [0.4, 0.5) is 16.4 Å². The monoisotopic (exact) mass is 561 g/mol. The van der Waals surface area contributed by atoms with Crippen LogP contribution in [0, 0.1) is 0 Å². The molecule has 6 nitrogen and oxygen atoms in total. The number of H-pyrrole nitrogens is 1. The van der Waals surface area contributed by atoms with Crippen molar-refractivity contribution in [1.29, 1.82) is 0 Å². The van der Waals surface area contributed by atoms with Gasteiger partial charge in [-0.15, -0.1) is 0 Å². The van der Waals surface area contributed by atoms with Crippen LogP contribution in [0.15, 0.2) is 126 Å². The number of carbonyl (C=O) groups is 1. The Hall–Kier alpha value is -4.54. The first-order valence-corrected chi connectivity index (χ1v) is 15.9. The molecule has 5 aromatic rings. The fraction of sp³-hybridized carbons (Fsp3) is 0.147. The number of rotatable bonds is 10. The first kappa shape index (κ1) is 28.0. The molecule has 0 saturated heterocycles. The maximum atomic E-state index is 12.9. The maximum absolute atomic E-state index is 12.9. The van der Waals surface area contributed by atoms with E-state index >= 15 is 0 Å². The molecular formula is C34H34N4O2P+. The Bertz CT molecular complexity index is 1540. The molecule has 0 aliphatic carbocycles. The summed E-state index contributed by atoms with van der Waals surface area (Å²) in [5, 5.41) is 9.49. The Balaban J connectivity index is 1.45. The number of nitrogens with zero attached hydrogens (tertiary/aromatic N) is 1. The summed E-state index contributed by atoms with van der Waals surface area (Å²) in [6.07, 6.45) is 3.40. The molecule has 0 aliphatic rings. The number of benzene rings is 4.